The third-order valence-electron chi connectivity index (χ3n) is 4.26. The average molecular weight is 314 g/mol. The molecule has 0 atom stereocenters. The number of nitrogens with zero attached hydrogens (tertiary/aromatic N) is 3. The number of likely N-dealkylation sites (N-methyl/N-ethyl adjacent to an activating group) is 1. The summed E-state index contributed by atoms with van der Waals surface area (Å²) in [6, 6.07) is 8.65. The van der Waals surface area contributed by atoms with E-state index in [-0.39, 0.29) is 0 Å². The van der Waals surface area contributed by atoms with Gasteiger partial charge in [0.15, 0.2) is 0 Å². The third-order valence-corrected chi connectivity index (χ3v) is 4.26. The Morgan fingerprint density at radius 2 is 1.78 bits per heavy atom. The molecule has 2 rings (SSSR count). The number of aromatic nitrogens is 2. The van der Waals surface area contributed by atoms with Gasteiger partial charge >= 0.3 is 0 Å². The van der Waals surface area contributed by atoms with Crippen molar-refractivity contribution < 1.29 is 0 Å². The Kier molecular flexibility index (Phi) is 6.37. The van der Waals surface area contributed by atoms with Crippen molar-refractivity contribution >= 4 is 0 Å². The average Bonchev–Trinajstić information content (AvgIpc) is 2.87. The second-order valence-corrected chi connectivity index (χ2v) is 6.55. The maximum atomic E-state index is 4.75. The zero-order valence-corrected chi connectivity index (χ0v) is 15.2. The van der Waals surface area contributed by atoms with Gasteiger partial charge in [0.05, 0.1) is 5.69 Å². The summed E-state index contributed by atoms with van der Waals surface area (Å²) in [5.41, 5.74) is 5.13. The Hall–Kier alpha value is -1.65. The summed E-state index contributed by atoms with van der Waals surface area (Å²) >= 11 is 0. The lowest BCUT2D eigenvalue weighted by Crippen LogP contribution is -2.31. The highest BCUT2D eigenvalue weighted by Gasteiger charge is 2.13. The fraction of sp³-hybridized carbons (Fsp3) is 0.526. The highest BCUT2D eigenvalue weighted by Crippen LogP contribution is 2.14. The summed E-state index contributed by atoms with van der Waals surface area (Å²) in [5.74, 6) is 1.08. The Balaban J connectivity index is 2.13. The van der Waals surface area contributed by atoms with E-state index < -0.39 is 0 Å². The van der Waals surface area contributed by atoms with E-state index in [4.69, 9.17) is 4.98 Å². The first kappa shape index (κ1) is 17.7. The minimum absolute atomic E-state index is 0.893. The van der Waals surface area contributed by atoms with Crippen molar-refractivity contribution in [2.75, 3.05) is 27.2 Å². The van der Waals surface area contributed by atoms with Crippen LogP contribution < -0.4 is 0 Å². The fourth-order valence-electron chi connectivity index (χ4n) is 2.68. The molecule has 0 aliphatic heterocycles. The summed E-state index contributed by atoms with van der Waals surface area (Å²) in [6.07, 6.45) is 0.955. The van der Waals surface area contributed by atoms with E-state index in [9.17, 15) is 0 Å². The van der Waals surface area contributed by atoms with Gasteiger partial charge in [-0.1, -0.05) is 31.2 Å². The summed E-state index contributed by atoms with van der Waals surface area (Å²) < 4.78 is 0. The van der Waals surface area contributed by atoms with E-state index in [0.29, 0.717) is 0 Å². The summed E-state index contributed by atoms with van der Waals surface area (Å²) in [5, 5.41) is 0. The lowest BCUT2D eigenvalue weighted by Gasteiger charge is -2.24. The van der Waals surface area contributed by atoms with Crippen molar-refractivity contribution in [3.8, 4) is 0 Å². The van der Waals surface area contributed by atoms with Crippen LogP contribution in [0.1, 0.15) is 35.3 Å². The molecule has 0 unspecified atom stereocenters. The van der Waals surface area contributed by atoms with Crippen LogP contribution in [0.4, 0.5) is 0 Å². The molecule has 1 N–H and O–H groups in total. The quantitative estimate of drug-likeness (QED) is 0.813. The van der Waals surface area contributed by atoms with Crippen LogP contribution >= 0.6 is 0 Å². The number of imidazole rings is 1. The van der Waals surface area contributed by atoms with Gasteiger partial charge in [-0.2, -0.15) is 0 Å². The SMILES string of the molecule is CCc1nc(CN(CCN(C)C)Cc2ccccc2C)c(C)[nH]1. The van der Waals surface area contributed by atoms with Crippen molar-refractivity contribution in [2.24, 2.45) is 0 Å². The van der Waals surface area contributed by atoms with E-state index in [1.165, 1.54) is 22.5 Å². The van der Waals surface area contributed by atoms with Gasteiger partial charge in [0.2, 0.25) is 0 Å². The van der Waals surface area contributed by atoms with Gasteiger partial charge in [0, 0.05) is 38.3 Å². The monoisotopic (exact) mass is 314 g/mol. The molecule has 0 aliphatic rings. The number of aryl methyl sites for hydroxylation is 3. The molecule has 2 aromatic rings. The molecule has 0 spiro atoms. The van der Waals surface area contributed by atoms with Crippen molar-refractivity contribution in [1.29, 1.82) is 0 Å². The van der Waals surface area contributed by atoms with Crippen LogP contribution in [-0.4, -0.2) is 47.0 Å². The second kappa shape index (κ2) is 8.27. The largest absolute Gasteiger partial charge is 0.346 e. The summed E-state index contributed by atoms with van der Waals surface area (Å²) in [4.78, 5) is 12.9. The zero-order valence-electron chi connectivity index (χ0n) is 15.2. The van der Waals surface area contributed by atoms with E-state index >= 15 is 0 Å². The molecule has 0 aliphatic carbocycles. The maximum Gasteiger partial charge on any atom is 0.106 e. The van der Waals surface area contributed by atoms with Gasteiger partial charge in [-0.3, -0.25) is 4.90 Å². The van der Waals surface area contributed by atoms with Crippen molar-refractivity contribution in [2.45, 2.75) is 40.3 Å². The number of hydrogen-bond acceptors (Lipinski definition) is 3. The van der Waals surface area contributed by atoms with Crippen LogP contribution in [0.3, 0.4) is 0 Å². The molecule has 0 radical (unpaired) electrons. The molecule has 4 nitrogen and oxygen atoms in total. The fourth-order valence-corrected chi connectivity index (χ4v) is 2.68. The van der Waals surface area contributed by atoms with Gasteiger partial charge in [-0.15, -0.1) is 0 Å². The Morgan fingerprint density at radius 1 is 1.04 bits per heavy atom. The number of benzene rings is 1. The second-order valence-electron chi connectivity index (χ2n) is 6.55. The number of nitrogens with one attached hydrogen (secondary N) is 1. The molecule has 1 aromatic heterocycles. The molecule has 1 heterocycles. The molecular formula is C19H30N4. The van der Waals surface area contributed by atoms with Crippen molar-refractivity contribution in [1.82, 2.24) is 19.8 Å². The molecule has 0 saturated carbocycles. The molecule has 0 amide bonds. The molecule has 4 heteroatoms. The third kappa shape index (κ3) is 5.19. The van der Waals surface area contributed by atoms with Crippen molar-refractivity contribution in [3.05, 3.63) is 52.6 Å². The minimum Gasteiger partial charge on any atom is -0.346 e. The molecule has 1 aromatic carbocycles. The smallest absolute Gasteiger partial charge is 0.106 e. The van der Waals surface area contributed by atoms with E-state index in [1.54, 1.807) is 0 Å². The summed E-state index contributed by atoms with van der Waals surface area (Å²) in [7, 11) is 4.25. The number of H-pyrrole nitrogens is 1. The van der Waals surface area contributed by atoms with Crippen LogP contribution in [0.15, 0.2) is 24.3 Å². The molecule has 126 valence electrons. The lowest BCUT2D eigenvalue weighted by atomic mass is 10.1. The zero-order chi connectivity index (χ0) is 16.8. The van der Waals surface area contributed by atoms with Gasteiger partial charge in [-0.05, 0) is 39.1 Å². The van der Waals surface area contributed by atoms with Gasteiger partial charge < -0.3 is 9.88 Å². The maximum absolute atomic E-state index is 4.75. The predicted molar refractivity (Wildman–Crippen MR) is 96.5 cm³/mol. The Morgan fingerprint density at radius 3 is 2.39 bits per heavy atom. The van der Waals surface area contributed by atoms with Crippen LogP contribution in [0, 0.1) is 13.8 Å². The van der Waals surface area contributed by atoms with Crippen LogP contribution in [-0.2, 0) is 19.5 Å². The highest BCUT2D eigenvalue weighted by molar-refractivity contribution is 5.25. The normalized spacial score (nSPS) is 11.6. The standard InChI is InChI=1S/C19H30N4/c1-6-19-20-16(3)18(21-19)14-23(12-11-22(4)5)13-17-10-8-7-9-15(17)2/h7-10H,6,11-14H2,1-5H3,(H,20,21). The first-order chi connectivity index (χ1) is 11.0. The van der Waals surface area contributed by atoms with Gasteiger partial charge in [0.1, 0.15) is 5.82 Å². The molecule has 0 bridgehead atoms. The first-order valence-electron chi connectivity index (χ1n) is 8.45. The predicted octanol–water partition coefficient (Wildman–Crippen LogP) is 3.15. The molecule has 23 heavy (non-hydrogen) atoms. The molecule has 0 saturated heterocycles. The topological polar surface area (TPSA) is 35.2 Å². The van der Waals surface area contributed by atoms with Gasteiger partial charge in [-0.25, -0.2) is 4.98 Å². The van der Waals surface area contributed by atoms with Crippen molar-refractivity contribution in [3.63, 3.8) is 0 Å². The Bertz CT molecular complexity index is 616. The van der Waals surface area contributed by atoms with Gasteiger partial charge in [0.25, 0.3) is 0 Å². The summed E-state index contributed by atoms with van der Waals surface area (Å²) in [6.45, 7) is 10.4. The van der Waals surface area contributed by atoms with Crippen LogP contribution in [0.2, 0.25) is 0 Å². The van der Waals surface area contributed by atoms with E-state index in [0.717, 1.165) is 38.4 Å². The lowest BCUT2D eigenvalue weighted by molar-refractivity contribution is 0.223. The van der Waals surface area contributed by atoms with E-state index in [2.05, 4.69) is 73.9 Å². The van der Waals surface area contributed by atoms with E-state index in [1.807, 2.05) is 0 Å². The highest BCUT2D eigenvalue weighted by atomic mass is 15.2. The Labute approximate surface area is 140 Å². The number of rotatable bonds is 8. The van der Waals surface area contributed by atoms with Crippen LogP contribution in [0.5, 0.6) is 0 Å². The minimum atomic E-state index is 0.893. The molecule has 0 fully saturated rings. The van der Waals surface area contributed by atoms with Crippen LogP contribution in [0.25, 0.3) is 0 Å². The number of aromatic amines is 1. The molecular weight excluding hydrogens is 284 g/mol. The number of hydrogen-bond donors (Lipinski definition) is 1. The first-order valence-corrected chi connectivity index (χ1v) is 8.45.